The summed E-state index contributed by atoms with van der Waals surface area (Å²) in [4.78, 5) is 4.32. The number of aryl methyl sites for hydroxylation is 2. The number of hydrogen-bond donors (Lipinski definition) is 0. The van der Waals surface area contributed by atoms with E-state index in [0.717, 1.165) is 11.1 Å². The highest BCUT2D eigenvalue weighted by molar-refractivity contribution is 7.13. The molecule has 0 bridgehead atoms. The highest BCUT2D eigenvalue weighted by Gasteiger charge is 2.39. The third kappa shape index (κ3) is 2.78. The molecule has 2 nitrogen and oxygen atoms in total. The van der Waals surface area contributed by atoms with Crippen molar-refractivity contribution in [2.24, 2.45) is 0 Å². The Kier molecular flexibility index (Phi) is 3.56. The molecule has 0 aliphatic heterocycles. The predicted molar refractivity (Wildman–Crippen MR) is 79.7 cm³/mol. The maximum Gasteiger partial charge on any atom is 0.468 e. The van der Waals surface area contributed by atoms with Crippen molar-refractivity contribution in [2.75, 3.05) is 0 Å². The topological polar surface area (TPSA) is 26.0 Å². The zero-order valence-electron chi connectivity index (χ0n) is 11.9. The molecule has 1 aromatic carbocycles. The Morgan fingerprint density at radius 3 is 2.27 bits per heavy atom. The van der Waals surface area contributed by atoms with Crippen LogP contribution in [-0.2, 0) is 6.18 Å². The Bertz CT molecular complexity index is 800. The molecule has 0 saturated carbocycles. The van der Waals surface area contributed by atoms with Gasteiger partial charge in [0.2, 0.25) is 0 Å². The molecule has 2 aromatic heterocycles. The number of aromatic nitrogens is 1. The molecule has 0 saturated heterocycles. The van der Waals surface area contributed by atoms with Gasteiger partial charge in [0.15, 0.2) is 5.76 Å². The SMILES string of the molecule is Cc1ccc(-c2nc(C(F)(F)F)oc2-c2cc(C)cs2)cc1. The van der Waals surface area contributed by atoms with Crippen LogP contribution in [0.3, 0.4) is 0 Å². The van der Waals surface area contributed by atoms with Gasteiger partial charge in [0.25, 0.3) is 0 Å². The normalized spacial score (nSPS) is 11.9. The van der Waals surface area contributed by atoms with Crippen molar-refractivity contribution < 1.29 is 17.6 Å². The zero-order chi connectivity index (χ0) is 15.9. The van der Waals surface area contributed by atoms with E-state index in [-0.39, 0.29) is 11.5 Å². The molecule has 0 spiro atoms. The molecule has 22 heavy (non-hydrogen) atoms. The lowest BCUT2D eigenvalue weighted by molar-refractivity contribution is -0.156. The summed E-state index contributed by atoms with van der Waals surface area (Å²) in [6.07, 6.45) is -4.61. The minimum absolute atomic E-state index is 0.161. The van der Waals surface area contributed by atoms with Gasteiger partial charge in [-0.15, -0.1) is 11.3 Å². The van der Waals surface area contributed by atoms with Crippen molar-refractivity contribution in [1.29, 1.82) is 0 Å². The molecule has 3 rings (SSSR count). The first-order chi connectivity index (χ1) is 10.3. The van der Waals surface area contributed by atoms with Crippen molar-refractivity contribution >= 4 is 11.3 Å². The van der Waals surface area contributed by atoms with Crippen molar-refractivity contribution in [2.45, 2.75) is 20.0 Å². The molecular formula is C16H12F3NOS. The highest BCUT2D eigenvalue weighted by atomic mass is 32.1. The molecule has 6 heteroatoms. The van der Waals surface area contributed by atoms with Crippen LogP contribution in [0.1, 0.15) is 17.0 Å². The summed E-state index contributed by atoms with van der Waals surface area (Å²) in [5.41, 5.74) is 2.82. The van der Waals surface area contributed by atoms with Crippen LogP contribution in [-0.4, -0.2) is 4.98 Å². The van der Waals surface area contributed by atoms with Gasteiger partial charge in [-0.2, -0.15) is 13.2 Å². The second-order valence-corrected chi connectivity index (χ2v) is 5.96. The van der Waals surface area contributed by atoms with Crippen LogP contribution in [0.15, 0.2) is 40.1 Å². The third-order valence-corrected chi connectivity index (χ3v) is 4.20. The first-order valence-electron chi connectivity index (χ1n) is 6.55. The summed E-state index contributed by atoms with van der Waals surface area (Å²) in [7, 11) is 0. The second kappa shape index (κ2) is 5.28. The Hall–Kier alpha value is -2.08. The summed E-state index contributed by atoms with van der Waals surface area (Å²) in [5, 5.41) is 1.87. The van der Waals surface area contributed by atoms with Crippen molar-refractivity contribution in [3.8, 4) is 21.9 Å². The van der Waals surface area contributed by atoms with Crippen molar-refractivity contribution in [3.05, 3.63) is 52.7 Å². The van der Waals surface area contributed by atoms with E-state index in [4.69, 9.17) is 4.42 Å². The third-order valence-electron chi connectivity index (χ3n) is 3.15. The van der Waals surface area contributed by atoms with Gasteiger partial charge < -0.3 is 4.42 Å². The largest absolute Gasteiger partial charge is 0.468 e. The number of nitrogens with zero attached hydrogens (tertiary/aromatic N) is 1. The summed E-state index contributed by atoms with van der Waals surface area (Å²) in [6, 6.07) is 8.96. The van der Waals surface area contributed by atoms with Crippen LogP contribution in [0, 0.1) is 13.8 Å². The monoisotopic (exact) mass is 323 g/mol. The van der Waals surface area contributed by atoms with E-state index in [1.807, 2.05) is 31.4 Å². The molecule has 0 radical (unpaired) electrons. The number of oxazole rings is 1. The fourth-order valence-corrected chi connectivity index (χ4v) is 2.95. The standard InChI is InChI=1S/C16H12F3NOS/c1-9-3-5-11(6-4-9)13-14(12-7-10(2)8-22-12)21-15(20-13)16(17,18)19/h3-8H,1-2H3. The fraction of sp³-hybridized carbons (Fsp3) is 0.188. The fourth-order valence-electron chi connectivity index (χ4n) is 2.07. The van der Waals surface area contributed by atoms with Gasteiger partial charge >= 0.3 is 12.1 Å². The van der Waals surface area contributed by atoms with Crippen LogP contribution in [0.4, 0.5) is 13.2 Å². The van der Waals surface area contributed by atoms with Crippen molar-refractivity contribution in [3.63, 3.8) is 0 Å². The van der Waals surface area contributed by atoms with Gasteiger partial charge in [0, 0.05) is 5.56 Å². The van der Waals surface area contributed by atoms with E-state index in [0.29, 0.717) is 10.4 Å². The van der Waals surface area contributed by atoms with E-state index in [1.165, 1.54) is 11.3 Å². The summed E-state index contributed by atoms with van der Waals surface area (Å²) in [6.45, 7) is 3.80. The van der Waals surface area contributed by atoms with Gasteiger partial charge in [-0.3, -0.25) is 0 Å². The van der Waals surface area contributed by atoms with Gasteiger partial charge in [-0.05, 0) is 30.9 Å². The summed E-state index contributed by atoms with van der Waals surface area (Å²) in [5.74, 6) is -1.06. The average molecular weight is 323 g/mol. The molecule has 2 heterocycles. The maximum absolute atomic E-state index is 12.9. The first-order valence-corrected chi connectivity index (χ1v) is 7.43. The highest BCUT2D eigenvalue weighted by Crippen LogP contribution is 2.40. The molecule has 0 aliphatic carbocycles. The molecular weight excluding hydrogens is 311 g/mol. The van der Waals surface area contributed by atoms with Gasteiger partial charge in [-0.1, -0.05) is 29.8 Å². The first kappa shape index (κ1) is 14.8. The number of hydrogen-bond acceptors (Lipinski definition) is 3. The number of benzene rings is 1. The zero-order valence-corrected chi connectivity index (χ0v) is 12.7. The molecule has 0 unspecified atom stereocenters. The average Bonchev–Trinajstić information content (AvgIpc) is 3.05. The molecule has 0 N–H and O–H groups in total. The van der Waals surface area contributed by atoms with Gasteiger partial charge in [-0.25, -0.2) is 4.98 Å². The maximum atomic E-state index is 12.9. The molecule has 0 fully saturated rings. The minimum Gasteiger partial charge on any atom is -0.431 e. The number of rotatable bonds is 2. The van der Waals surface area contributed by atoms with Gasteiger partial charge in [0.05, 0.1) is 4.88 Å². The molecule has 114 valence electrons. The molecule has 0 aliphatic rings. The van der Waals surface area contributed by atoms with E-state index in [9.17, 15) is 13.2 Å². The predicted octanol–water partition coefficient (Wildman–Crippen LogP) is 5.71. The van der Waals surface area contributed by atoms with Crippen LogP contribution < -0.4 is 0 Å². The molecule has 3 aromatic rings. The smallest absolute Gasteiger partial charge is 0.431 e. The molecule has 0 atom stereocenters. The van der Waals surface area contributed by atoms with Crippen LogP contribution >= 0.6 is 11.3 Å². The summed E-state index contributed by atoms with van der Waals surface area (Å²) >= 11 is 1.34. The quantitative estimate of drug-likeness (QED) is 0.604. The Balaban J connectivity index is 2.18. The lowest BCUT2D eigenvalue weighted by atomic mass is 10.1. The van der Waals surface area contributed by atoms with Gasteiger partial charge in [0.1, 0.15) is 5.69 Å². The van der Waals surface area contributed by atoms with E-state index >= 15 is 0 Å². The summed E-state index contributed by atoms with van der Waals surface area (Å²) < 4.78 is 43.8. The lowest BCUT2D eigenvalue weighted by Crippen LogP contribution is -2.04. The Morgan fingerprint density at radius 2 is 1.73 bits per heavy atom. The number of alkyl halides is 3. The van der Waals surface area contributed by atoms with Crippen LogP contribution in [0.2, 0.25) is 0 Å². The Labute approximate surface area is 129 Å². The van der Waals surface area contributed by atoms with Crippen LogP contribution in [0.5, 0.6) is 0 Å². The van der Waals surface area contributed by atoms with Crippen molar-refractivity contribution in [1.82, 2.24) is 4.98 Å². The van der Waals surface area contributed by atoms with E-state index in [1.54, 1.807) is 18.2 Å². The number of halogens is 3. The Morgan fingerprint density at radius 1 is 1.05 bits per heavy atom. The van der Waals surface area contributed by atoms with E-state index < -0.39 is 12.1 Å². The number of thiophene rings is 1. The second-order valence-electron chi connectivity index (χ2n) is 5.05. The van der Waals surface area contributed by atoms with Crippen LogP contribution in [0.25, 0.3) is 21.9 Å². The van der Waals surface area contributed by atoms with E-state index in [2.05, 4.69) is 4.98 Å². The minimum atomic E-state index is -4.61. The lowest BCUT2D eigenvalue weighted by Gasteiger charge is -2.00. The molecule has 0 amide bonds.